The van der Waals surface area contributed by atoms with E-state index in [-0.39, 0.29) is 5.78 Å². The molecule has 0 amide bonds. The van der Waals surface area contributed by atoms with Crippen LogP contribution in [0.15, 0.2) is 48.7 Å². The van der Waals surface area contributed by atoms with Gasteiger partial charge in [-0.3, -0.25) is 4.79 Å². The third-order valence-corrected chi connectivity index (χ3v) is 3.15. The lowest BCUT2D eigenvalue weighted by molar-refractivity contribution is 0.0753. The molecule has 0 spiro atoms. The Morgan fingerprint density at radius 1 is 1.11 bits per heavy atom. The van der Waals surface area contributed by atoms with E-state index in [4.69, 9.17) is 4.74 Å². The number of hydrogen-bond donors (Lipinski definition) is 0. The normalized spacial score (nSPS) is 18.2. The number of ketones is 1. The van der Waals surface area contributed by atoms with Crippen molar-refractivity contribution in [3.63, 3.8) is 0 Å². The molecule has 0 saturated heterocycles. The van der Waals surface area contributed by atoms with E-state index < -0.39 is 6.10 Å². The smallest absolute Gasteiger partial charge is 0.213 e. The number of carbonyl (C=O) groups is 1. The van der Waals surface area contributed by atoms with Gasteiger partial charge in [0.25, 0.3) is 0 Å². The van der Waals surface area contributed by atoms with Crippen molar-refractivity contribution in [2.75, 3.05) is 0 Å². The minimum absolute atomic E-state index is 0.0579. The number of fused-ring (bicyclic) bond motifs is 1. The van der Waals surface area contributed by atoms with Gasteiger partial charge in [-0.2, -0.15) is 0 Å². The second-order valence-electron chi connectivity index (χ2n) is 4.33. The number of rotatable bonds is 2. The molecular weight excluding hydrogens is 226 g/mol. The van der Waals surface area contributed by atoms with Crippen molar-refractivity contribution < 1.29 is 9.53 Å². The molecule has 3 rings (SSSR count). The van der Waals surface area contributed by atoms with Gasteiger partial charge >= 0.3 is 0 Å². The van der Waals surface area contributed by atoms with Crippen molar-refractivity contribution in [3.05, 3.63) is 59.8 Å². The molecule has 1 aromatic heterocycles. The predicted molar refractivity (Wildman–Crippen MR) is 67.7 cm³/mol. The second-order valence-corrected chi connectivity index (χ2v) is 4.33. The van der Waals surface area contributed by atoms with Crippen LogP contribution in [-0.4, -0.2) is 16.9 Å². The molecule has 2 aromatic rings. The van der Waals surface area contributed by atoms with Gasteiger partial charge in [0, 0.05) is 17.8 Å². The average Bonchev–Trinajstić information content (AvgIpc) is 2.43. The van der Waals surface area contributed by atoms with Crippen molar-refractivity contribution in [3.8, 4) is 5.88 Å². The fraction of sp³-hybridized carbons (Fsp3) is 0.200. The molecule has 1 heterocycles. The van der Waals surface area contributed by atoms with E-state index in [0.717, 1.165) is 17.5 Å². The van der Waals surface area contributed by atoms with Gasteiger partial charge in [0.05, 0.1) is 0 Å². The Hall–Kier alpha value is -2.16. The van der Waals surface area contributed by atoms with E-state index in [9.17, 15) is 4.79 Å². The van der Waals surface area contributed by atoms with E-state index in [1.54, 1.807) is 12.3 Å². The van der Waals surface area contributed by atoms with Gasteiger partial charge in [0.2, 0.25) is 11.7 Å². The number of aryl methyl sites for hydroxylation is 1. The van der Waals surface area contributed by atoms with Crippen LogP contribution < -0.4 is 4.74 Å². The topological polar surface area (TPSA) is 39.2 Å². The van der Waals surface area contributed by atoms with E-state index in [1.807, 2.05) is 36.4 Å². The van der Waals surface area contributed by atoms with Gasteiger partial charge < -0.3 is 4.74 Å². The zero-order valence-electron chi connectivity index (χ0n) is 9.87. The highest BCUT2D eigenvalue weighted by molar-refractivity contribution is 6.01. The van der Waals surface area contributed by atoms with E-state index in [0.29, 0.717) is 12.3 Å². The Morgan fingerprint density at radius 3 is 2.78 bits per heavy atom. The Labute approximate surface area is 105 Å². The summed E-state index contributed by atoms with van der Waals surface area (Å²) in [6.07, 6.45) is 2.84. The second kappa shape index (κ2) is 4.61. The summed E-state index contributed by atoms with van der Waals surface area (Å²) in [6.45, 7) is 0. The number of benzene rings is 1. The maximum Gasteiger partial charge on any atom is 0.213 e. The standard InChI is InChI=1S/C15H13NO2/c17-15-12-6-2-1-5-11(12)8-9-13(15)18-14-7-3-4-10-16-14/h1-7,10,13H,8-9H2. The predicted octanol–water partition coefficient (Wildman–Crippen LogP) is 2.66. The first-order valence-corrected chi connectivity index (χ1v) is 6.04. The Bertz CT molecular complexity index is 566. The minimum atomic E-state index is -0.408. The lowest BCUT2D eigenvalue weighted by Gasteiger charge is -2.23. The van der Waals surface area contributed by atoms with Crippen molar-refractivity contribution >= 4 is 5.78 Å². The number of carbonyl (C=O) groups excluding carboxylic acids is 1. The van der Waals surface area contributed by atoms with Crippen LogP contribution in [0, 0.1) is 0 Å². The maximum absolute atomic E-state index is 12.3. The summed E-state index contributed by atoms with van der Waals surface area (Å²) < 4.78 is 5.66. The Balaban J connectivity index is 1.83. The molecule has 90 valence electrons. The molecule has 0 radical (unpaired) electrons. The van der Waals surface area contributed by atoms with Gasteiger partial charge in [-0.1, -0.05) is 30.3 Å². The Kier molecular flexibility index (Phi) is 2.81. The fourth-order valence-corrected chi connectivity index (χ4v) is 2.24. The molecule has 1 aliphatic carbocycles. The van der Waals surface area contributed by atoms with Crippen LogP contribution >= 0.6 is 0 Å². The largest absolute Gasteiger partial charge is 0.466 e. The molecule has 0 bridgehead atoms. The molecule has 0 N–H and O–H groups in total. The first-order valence-electron chi connectivity index (χ1n) is 6.04. The first kappa shape index (κ1) is 11.0. The van der Waals surface area contributed by atoms with Crippen molar-refractivity contribution in [2.24, 2.45) is 0 Å². The summed E-state index contributed by atoms with van der Waals surface area (Å²) in [5.41, 5.74) is 1.90. The van der Waals surface area contributed by atoms with Gasteiger partial charge in [0.15, 0.2) is 6.10 Å². The lowest BCUT2D eigenvalue weighted by atomic mass is 9.89. The summed E-state index contributed by atoms with van der Waals surface area (Å²) in [6, 6.07) is 13.2. The number of aromatic nitrogens is 1. The number of hydrogen-bond acceptors (Lipinski definition) is 3. The van der Waals surface area contributed by atoms with Gasteiger partial charge in [-0.25, -0.2) is 4.98 Å². The lowest BCUT2D eigenvalue weighted by Crippen LogP contribution is -2.32. The van der Waals surface area contributed by atoms with Gasteiger partial charge in [-0.05, 0) is 24.5 Å². The highest BCUT2D eigenvalue weighted by atomic mass is 16.5. The zero-order valence-corrected chi connectivity index (χ0v) is 9.87. The number of Topliss-reactive ketones (excluding diaryl/α,β-unsaturated/α-hetero) is 1. The van der Waals surface area contributed by atoms with Crippen LogP contribution in [0.25, 0.3) is 0 Å². The molecule has 1 aliphatic rings. The van der Waals surface area contributed by atoms with Crippen molar-refractivity contribution in [2.45, 2.75) is 18.9 Å². The molecule has 0 fully saturated rings. The highest BCUT2D eigenvalue weighted by Crippen LogP contribution is 2.23. The van der Waals surface area contributed by atoms with Crippen LogP contribution in [0.4, 0.5) is 0 Å². The fourth-order valence-electron chi connectivity index (χ4n) is 2.24. The summed E-state index contributed by atoms with van der Waals surface area (Å²) in [7, 11) is 0. The third kappa shape index (κ3) is 1.99. The zero-order chi connectivity index (χ0) is 12.4. The molecule has 3 nitrogen and oxygen atoms in total. The summed E-state index contributed by atoms with van der Waals surface area (Å²) in [4.78, 5) is 16.4. The molecule has 0 aliphatic heterocycles. The maximum atomic E-state index is 12.3. The van der Waals surface area contributed by atoms with E-state index in [1.165, 1.54) is 0 Å². The van der Waals surface area contributed by atoms with Crippen molar-refractivity contribution in [1.82, 2.24) is 4.98 Å². The molecule has 3 heteroatoms. The minimum Gasteiger partial charge on any atom is -0.466 e. The van der Waals surface area contributed by atoms with Gasteiger partial charge in [0.1, 0.15) is 0 Å². The van der Waals surface area contributed by atoms with Crippen molar-refractivity contribution in [1.29, 1.82) is 0 Å². The SMILES string of the molecule is O=C1c2ccccc2CCC1Oc1ccccn1. The number of pyridine rings is 1. The van der Waals surface area contributed by atoms with Crippen LogP contribution in [0.2, 0.25) is 0 Å². The van der Waals surface area contributed by atoms with E-state index in [2.05, 4.69) is 4.98 Å². The quantitative estimate of drug-likeness (QED) is 0.808. The van der Waals surface area contributed by atoms with Crippen LogP contribution in [0.5, 0.6) is 5.88 Å². The monoisotopic (exact) mass is 239 g/mol. The molecule has 0 saturated carbocycles. The summed E-state index contributed by atoms with van der Waals surface area (Å²) >= 11 is 0. The highest BCUT2D eigenvalue weighted by Gasteiger charge is 2.28. The molecule has 1 aromatic carbocycles. The summed E-state index contributed by atoms with van der Waals surface area (Å²) in [5, 5.41) is 0. The van der Waals surface area contributed by atoms with Gasteiger partial charge in [-0.15, -0.1) is 0 Å². The molecule has 1 unspecified atom stereocenters. The molecule has 18 heavy (non-hydrogen) atoms. The number of ether oxygens (including phenoxy) is 1. The van der Waals surface area contributed by atoms with Crippen LogP contribution in [0.3, 0.4) is 0 Å². The molecule has 1 atom stereocenters. The third-order valence-electron chi connectivity index (χ3n) is 3.15. The number of nitrogens with zero attached hydrogens (tertiary/aromatic N) is 1. The first-order chi connectivity index (χ1) is 8.84. The van der Waals surface area contributed by atoms with Crippen LogP contribution in [-0.2, 0) is 6.42 Å². The molecular formula is C15H13NO2. The summed E-state index contributed by atoms with van der Waals surface area (Å²) in [5.74, 6) is 0.567. The van der Waals surface area contributed by atoms with E-state index >= 15 is 0 Å². The average molecular weight is 239 g/mol. The Morgan fingerprint density at radius 2 is 1.94 bits per heavy atom. The van der Waals surface area contributed by atoms with Crippen LogP contribution in [0.1, 0.15) is 22.3 Å².